The van der Waals surface area contributed by atoms with Gasteiger partial charge in [-0.1, -0.05) is 41.3 Å². The fourth-order valence-corrected chi connectivity index (χ4v) is 3.53. The summed E-state index contributed by atoms with van der Waals surface area (Å²) in [5, 5.41) is 6.90. The molecule has 0 radical (unpaired) electrons. The van der Waals surface area contributed by atoms with Crippen LogP contribution in [0.2, 0.25) is 0 Å². The lowest BCUT2D eigenvalue weighted by Crippen LogP contribution is -2.24. The van der Waals surface area contributed by atoms with Crippen LogP contribution in [-0.4, -0.2) is 15.7 Å². The first-order chi connectivity index (χ1) is 14.7. The molecule has 4 nitrogen and oxygen atoms in total. The Labute approximate surface area is 189 Å². The number of benzene rings is 2. The molecule has 0 atom stereocenters. The largest absolute Gasteiger partial charge is 0.416 e. The molecule has 0 saturated heterocycles. The van der Waals surface area contributed by atoms with E-state index < -0.39 is 23.5 Å². The summed E-state index contributed by atoms with van der Waals surface area (Å²) in [4.78, 5) is 12.8. The van der Waals surface area contributed by atoms with Crippen molar-refractivity contribution in [2.45, 2.75) is 12.7 Å². The lowest BCUT2D eigenvalue weighted by atomic mass is 10.1. The Morgan fingerprint density at radius 2 is 1.90 bits per heavy atom. The molecule has 0 unspecified atom stereocenters. The number of carbonyl (C=O) groups excluding carboxylic acids is 1. The maximum Gasteiger partial charge on any atom is 0.416 e. The molecule has 160 valence electrons. The van der Waals surface area contributed by atoms with E-state index in [-0.39, 0.29) is 12.1 Å². The van der Waals surface area contributed by atoms with Crippen molar-refractivity contribution < 1.29 is 22.4 Å². The first kappa shape index (κ1) is 22.7. The van der Waals surface area contributed by atoms with Crippen molar-refractivity contribution in [2.24, 2.45) is 0 Å². The molecule has 1 N–H and O–H groups in total. The van der Waals surface area contributed by atoms with Crippen LogP contribution in [0.1, 0.15) is 22.4 Å². The highest BCUT2D eigenvalue weighted by molar-refractivity contribution is 14.1. The van der Waals surface area contributed by atoms with E-state index in [0.717, 1.165) is 12.1 Å². The Kier molecular flexibility index (Phi) is 6.94. The van der Waals surface area contributed by atoms with Crippen LogP contribution in [0.15, 0.2) is 65.4 Å². The van der Waals surface area contributed by atoms with Gasteiger partial charge in [0.1, 0.15) is 5.82 Å². The smallest absolute Gasteiger partial charge is 0.348 e. The van der Waals surface area contributed by atoms with Crippen LogP contribution >= 0.6 is 22.6 Å². The molecule has 1 heterocycles. The highest BCUT2D eigenvalue weighted by atomic mass is 127. The topological polar surface area (TPSA) is 46.9 Å². The van der Waals surface area contributed by atoms with E-state index >= 15 is 0 Å². The van der Waals surface area contributed by atoms with Crippen molar-refractivity contribution in [1.29, 1.82) is 0 Å². The third kappa shape index (κ3) is 5.22. The minimum absolute atomic E-state index is 0.0771. The van der Waals surface area contributed by atoms with Gasteiger partial charge in [0.05, 0.1) is 28.7 Å². The molecule has 31 heavy (non-hydrogen) atoms. The Hall–Kier alpha value is -2.95. The number of alkyl halides is 3. The number of carbonyl (C=O) groups is 1. The van der Waals surface area contributed by atoms with Crippen molar-refractivity contribution >= 4 is 40.1 Å². The number of nitrogens with one attached hydrogen (secondary N) is 1. The Balaban J connectivity index is 1.82. The lowest BCUT2D eigenvalue weighted by molar-refractivity contribution is -0.137. The Bertz CT molecular complexity index is 1130. The van der Waals surface area contributed by atoms with Gasteiger partial charge in [0.15, 0.2) is 0 Å². The third-order valence-corrected chi connectivity index (χ3v) is 5.05. The summed E-state index contributed by atoms with van der Waals surface area (Å²) >= 11 is 1.91. The molecule has 0 saturated carbocycles. The molecule has 9 heteroatoms. The molecule has 3 rings (SSSR count). The molecule has 0 aliphatic carbocycles. The lowest BCUT2D eigenvalue weighted by Gasteiger charge is -2.11. The van der Waals surface area contributed by atoms with Crippen molar-refractivity contribution in [3.05, 3.63) is 93.6 Å². The van der Waals surface area contributed by atoms with Crippen molar-refractivity contribution in [1.82, 2.24) is 15.1 Å². The molecular weight excluding hydrogens is 525 g/mol. The van der Waals surface area contributed by atoms with E-state index in [9.17, 15) is 22.4 Å². The van der Waals surface area contributed by atoms with Gasteiger partial charge >= 0.3 is 6.18 Å². The summed E-state index contributed by atoms with van der Waals surface area (Å²) in [7, 11) is 0. The first-order valence-corrected chi connectivity index (χ1v) is 10.2. The molecule has 1 aromatic heterocycles. The summed E-state index contributed by atoms with van der Waals surface area (Å²) in [6.45, 7) is 3.69. The van der Waals surface area contributed by atoms with Crippen LogP contribution < -0.4 is 5.32 Å². The summed E-state index contributed by atoms with van der Waals surface area (Å²) in [5.41, 5.74) is 1.40. The minimum Gasteiger partial charge on any atom is -0.348 e. The van der Waals surface area contributed by atoms with Crippen LogP contribution in [0.5, 0.6) is 0 Å². The van der Waals surface area contributed by atoms with Gasteiger partial charge in [0, 0.05) is 12.1 Å². The number of hydrogen-bond acceptors (Lipinski definition) is 2. The van der Waals surface area contributed by atoms with Gasteiger partial charge in [0.25, 0.3) is 5.91 Å². The average Bonchev–Trinajstić information content (AvgIpc) is 3.16. The second-order valence-electron chi connectivity index (χ2n) is 6.44. The average molecular weight is 541 g/mol. The summed E-state index contributed by atoms with van der Waals surface area (Å²) in [6.07, 6.45) is -1.46. The Morgan fingerprint density at radius 3 is 2.52 bits per heavy atom. The van der Waals surface area contributed by atoms with Gasteiger partial charge in [-0.25, -0.2) is 9.07 Å². The highest BCUT2D eigenvalue weighted by Gasteiger charge is 2.30. The normalized spacial score (nSPS) is 12.0. The molecule has 0 spiro atoms. The number of aromatic nitrogens is 2. The fourth-order valence-electron chi connectivity index (χ4n) is 2.92. The molecule has 0 bridgehead atoms. The zero-order valence-electron chi connectivity index (χ0n) is 16.0. The number of hydrogen-bond donors (Lipinski definition) is 1. The number of nitrogens with zero attached hydrogens (tertiary/aromatic N) is 2. The van der Waals surface area contributed by atoms with Crippen molar-refractivity contribution in [3.8, 4) is 5.69 Å². The van der Waals surface area contributed by atoms with Gasteiger partial charge in [-0.3, -0.25) is 4.79 Å². The van der Waals surface area contributed by atoms with Crippen LogP contribution in [0.4, 0.5) is 17.6 Å². The van der Waals surface area contributed by atoms with Gasteiger partial charge < -0.3 is 5.32 Å². The van der Waals surface area contributed by atoms with E-state index in [2.05, 4.69) is 17.0 Å². The van der Waals surface area contributed by atoms with Crippen molar-refractivity contribution in [2.75, 3.05) is 0 Å². The quantitative estimate of drug-likeness (QED) is 0.245. The summed E-state index contributed by atoms with van der Waals surface area (Å²) < 4.78 is 54.9. The third-order valence-electron chi connectivity index (χ3n) is 4.42. The zero-order chi connectivity index (χ0) is 22.6. The number of halogens is 5. The van der Waals surface area contributed by atoms with E-state index in [4.69, 9.17) is 0 Å². The standard InChI is InChI=1S/C22H16F4IN3O/c1-2-20-19(13-29-30(20)17-8-6-16(23)7-9-17)18(11-27)21(31)28-12-14-4-3-5-15(10-14)22(24,25)26/h2-11,13H,1,12H2,(H,28,31)/b18-11+. The predicted octanol–water partition coefficient (Wildman–Crippen LogP) is 5.77. The highest BCUT2D eigenvalue weighted by Crippen LogP contribution is 2.29. The van der Waals surface area contributed by atoms with E-state index in [1.807, 2.05) is 22.6 Å². The molecule has 1 amide bonds. The zero-order valence-corrected chi connectivity index (χ0v) is 18.1. The number of amides is 1. The first-order valence-electron chi connectivity index (χ1n) is 8.96. The molecule has 0 fully saturated rings. The Morgan fingerprint density at radius 1 is 1.19 bits per heavy atom. The van der Waals surface area contributed by atoms with Gasteiger partial charge in [0.2, 0.25) is 0 Å². The fraction of sp³-hybridized carbons (Fsp3) is 0.0909. The van der Waals surface area contributed by atoms with Crippen LogP contribution in [-0.2, 0) is 17.5 Å². The van der Waals surface area contributed by atoms with E-state index in [1.54, 1.807) is 16.2 Å². The monoisotopic (exact) mass is 541 g/mol. The molecular formula is C22H16F4IN3O. The van der Waals surface area contributed by atoms with E-state index in [0.29, 0.717) is 22.5 Å². The number of rotatable bonds is 6. The summed E-state index contributed by atoms with van der Waals surface area (Å²) in [6, 6.07) is 10.4. The van der Waals surface area contributed by atoms with E-state index in [1.165, 1.54) is 41.2 Å². The predicted molar refractivity (Wildman–Crippen MR) is 119 cm³/mol. The molecule has 2 aromatic carbocycles. The van der Waals surface area contributed by atoms with Crippen LogP contribution in [0, 0.1) is 5.82 Å². The van der Waals surface area contributed by atoms with Gasteiger partial charge in [-0.15, -0.1) is 0 Å². The summed E-state index contributed by atoms with van der Waals surface area (Å²) in [5.74, 6) is -0.869. The minimum atomic E-state index is -4.46. The molecule has 0 aliphatic rings. The molecule has 0 aliphatic heterocycles. The maximum atomic E-state index is 13.2. The van der Waals surface area contributed by atoms with Crippen LogP contribution in [0.3, 0.4) is 0 Å². The second kappa shape index (κ2) is 9.46. The van der Waals surface area contributed by atoms with Gasteiger partial charge in [-0.2, -0.15) is 18.3 Å². The van der Waals surface area contributed by atoms with Crippen LogP contribution in [0.25, 0.3) is 17.3 Å². The van der Waals surface area contributed by atoms with Crippen molar-refractivity contribution in [3.63, 3.8) is 0 Å². The maximum absolute atomic E-state index is 13.2. The SMILES string of the molecule is C=Cc1c(/C(=C\I)C(=O)NCc2cccc(C(F)(F)F)c2)cnn1-c1ccc(F)cc1. The second-order valence-corrected chi connectivity index (χ2v) is 7.06. The molecule has 3 aromatic rings. The van der Waals surface area contributed by atoms with Gasteiger partial charge in [-0.05, 0) is 52.1 Å².